The summed E-state index contributed by atoms with van der Waals surface area (Å²) in [4.78, 5) is 12.3. The van der Waals surface area contributed by atoms with Crippen LogP contribution in [0.15, 0.2) is 6.07 Å². The Hall–Kier alpha value is -1.36. The Morgan fingerprint density at radius 2 is 2.20 bits per heavy atom. The van der Waals surface area contributed by atoms with Gasteiger partial charge in [-0.3, -0.25) is 9.48 Å². The summed E-state index contributed by atoms with van der Waals surface area (Å²) in [5, 5.41) is 16.5. The van der Waals surface area contributed by atoms with Crippen LogP contribution in [0.1, 0.15) is 54.7 Å². The molecule has 1 unspecified atom stereocenters. The van der Waals surface area contributed by atoms with E-state index in [2.05, 4.69) is 10.4 Å². The second-order valence-electron chi connectivity index (χ2n) is 5.78. The van der Waals surface area contributed by atoms with Crippen LogP contribution in [0.4, 0.5) is 0 Å². The molecule has 1 amide bonds. The molecule has 0 saturated heterocycles. The van der Waals surface area contributed by atoms with Gasteiger partial charge in [0.15, 0.2) is 0 Å². The number of carbonyl (C=O) groups excluding carboxylic acids is 1. The molecule has 1 saturated carbocycles. The van der Waals surface area contributed by atoms with Crippen LogP contribution in [0, 0.1) is 12.8 Å². The van der Waals surface area contributed by atoms with Crippen molar-refractivity contribution >= 4 is 5.91 Å². The van der Waals surface area contributed by atoms with Crippen molar-refractivity contribution in [3.05, 3.63) is 17.5 Å². The van der Waals surface area contributed by atoms with Crippen molar-refractivity contribution in [2.45, 2.75) is 51.5 Å². The van der Waals surface area contributed by atoms with Crippen LogP contribution in [-0.4, -0.2) is 33.4 Å². The van der Waals surface area contributed by atoms with Crippen LogP contribution >= 0.6 is 0 Å². The zero-order chi connectivity index (χ0) is 14.5. The molecule has 5 heteroatoms. The summed E-state index contributed by atoms with van der Waals surface area (Å²) in [6.45, 7) is 2.04. The van der Waals surface area contributed by atoms with Gasteiger partial charge >= 0.3 is 0 Å². The minimum absolute atomic E-state index is 0.0649. The molecule has 0 spiro atoms. The van der Waals surface area contributed by atoms with Gasteiger partial charge in [0.25, 0.3) is 5.91 Å². The van der Waals surface area contributed by atoms with Crippen molar-refractivity contribution in [1.29, 1.82) is 0 Å². The van der Waals surface area contributed by atoms with E-state index in [-0.39, 0.29) is 18.6 Å². The van der Waals surface area contributed by atoms with Gasteiger partial charge in [-0.25, -0.2) is 0 Å². The Balaban J connectivity index is 2.01. The van der Waals surface area contributed by atoms with Crippen LogP contribution in [0.2, 0.25) is 0 Å². The number of amides is 1. The minimum Gasteiger partial charge on any atom is -0.396 e. The van der Waals surface area contributed by atoms with Gasteiger partial charge in [0, 0.05) is 25.4 Å². The maximum absolute atomic E-state index is 12.3. The summed E-state index contributed by atoms with van der Waals surface area (Å²) < 4.78 is 1.70. The average Bonchev–Trinajstić information content (AvgIpc) is 2.79. The molecule has 0 aliphatic heterocycles. The maximum atomic E-state index is 12.3. The fraction of sp³-hybridized carbons (Fsp3) is 0.733. The lowest BCUT2D eigenvalue weighted by atomic mass is 9.82. The lowest BCUT2D eigenvalue weighted by Crippen LogP contribution is -2.42. The van der Waals surface area contributed by atoms with Crippen LogP contribution < -0.4 is 5.32 Å². The smallest absolute Gasteiger partial charge is 0.272 e. The normalized spacial score (nSPS) is 17.9. The summed E-state index contributed by atoms with van der Waals surface area (Å²) in [7, 11) is 1.83. The molecule has 1 atom stereocenters. The van der Waals surface area contributed by atoms with E-state index < -0.39 is 0 Å². The third-order valence-corrected chi connectivity index (χ3v) is 4.32. The first-order chi connectivity index (χ1) is 9.61. The second-order valence-corrected chi connectivity index (χ2v) is 5.78. The van der Waals surface area contributed by atoms with Crippen LogP contribution in [0.3, 0.4) is 0 Å². The number of carbonyl (C=O) groups is 1. The highest BCUT2D eigenvalue weighted by molar-refractivity contribution is 5.92. The van der Waals surface area contributed by atoms with Gasteiger partial charge in [0.2, 0.25) is 0 Å². The number of nitrogens with one attached hydrogen (secondary N) is 1. The highest BCUT2D eigenvalue weighted by Gasteiger charge is 2.25. The average molecular weight is 279 g/mol. The van der Waals surface area contributed by atoms with Crippen molar-refractivity contribution < 1.29 is 9.90 Å². The van der Waals surface area contributed by atoms with Gasteiger partial charge in [-0.1, -0.05) is 19.3 Å². The zero-order valence-electron chi connectivity index (χ0n) is 12.4. The van der Waals surface area contributed by atoms with Gasteiger partial charge in [-0.15, -0.1) is 0 Å². The predicted molar refractivity (Wildman–Crippen MR) is 77.5 cm³/mol. The number of aryl methyl sites for hydroxylation is 2. The number of aromatic nitrogens is 2. The van der Waals surface area contributed by atoms with Gasteiger partial charge in [-0.05, 0) is 38.2 Å². The van der Waals surface area contributed by atoms with Crippen molar-refractivity contribution in [1.82, 2.24) is 15.1 Å². The highest BCUT2D eigenvalue weighted by Crippen LogP contribution is 2.27. The number of nitrogens with zero attached hydrogens (tertiary/aromatic N) is 2. The van der Waals surface area contributed by atoms with E-state index >= 15 is 0 Å². The Kier molecular flexibility index (Phi) is 5.17. The lowest BCUT2D eigenvalue weighted by molar-refractivity contribution is 0.0894. The molecule has 2 N–H and O–H groups in total. The number of rotatable bonds is 5. The van der Waals surface area contributed by atoms with Crippen molar-refractivity contribution in [2.24, 2.45) is 13.0 Å². The van der Waals surface area contributed by atoms with Crippen molar-refractivity contribution in [3.8, 4) is 0 Å². The topological polar surface area (TPSA) is 67.2 Å². The second kappa shape index (κ2) is 6.88. The fourth-order valence-electron chi connectivity index (χ4n) is 3.02. The minimum atomic E-state index is -0.127. The van der Waals surface area contributed by atoms with E-state index in [1.54, 1.807) is 10.7 Å². The van der Waals surface area contributed by atoms with E-state index in [1.807, 2.05) is 14.0 Å². The molecule has 0 radical (unpaired) electrons. The Labute approximate surface area is 120 Å². The monoisotopic (exact) mass is 279 g/mol. The predicted octanol–water partition coefficient (Wildman–Crippen LogP) is 1.79. The molecule has 5 nitrogen and oxygen atoms in total. The molecule has 1 aliphatic carbocycles. The number of aliphatic hydroxyl groups excluding tert-OH is 1. The third kappa shape index (κ3) is 3.60. The standard InChI is InChI=1S/C15H25N3O2/c1-11-10-14(17-18(11)2)15(20)16-13(8-9-19)12-6-4-3-5-7-12/h10,12-13,19H,3-9H2,1-2H3,(H,16,20). The molecule has 20 heavy (non-hydrogen) atoms. The summed E-state index contributed by atoms with van der Waals surface area (Å²) in [5.41, 5.74) is 1.43. The van der Waals surface area contributed by atoms with E-state index in [1.165, 1.54) is 19.3 Å². The molecule has 0 bridgehead atoms. The molecule has 1 aromatic heterocycles. The molecule has 2 rings (SSSR count). The third-order valence-electron chi connectivity index (χ3n) is 4.32. The van der Waals surface area contributed by atoms with E-state index in [0.717, 1.165) is 18.5 Å². The quantitative estimate of drug-likeness (QED) is 0.863. The van der Waals surface area contributed by atoms with Crippen molar-refractivity contribution in [3.63, 3.8) is 0 Å². The maximum Gasteiger partial charge on any atom is 0.272 e. The van der Waals surface area contributed by atoms with E-state index in [9.17, 15) is 9.90 Å². The Morgan fingerprint density at radius 1 is 1.50 bits per heavy atom. The van der Waals surface area contributed by atoms with Crippen LogP contribution in [0.5, 0.6) is 0 Å². The molecule has 1 fully saturated rings. The molecule has 1 aliphatic rings. The fourth-order valence-corrected chi connectivity index (χ4v) is 3.02. The SMILES string of the molecule is Cc1cc(C(=O)NC(CCO)C2CCCCC2)nn1C. The lowest BCUT2D eigenvalue weighted by Gasteiger charge is -2.30. The first kappa shape index (κ1) is 15.0. The molecule has 1 aromatic rings. The van der Waals surface area contributed by atoms with Crippen molar-refractivity contribution in [2.75, 3.05) is 6.61 Å². The van der Waals surface area contributed by atoms with Gasteiger partial charge in [0.05, 0.1) is 0 Å². The molecule has 1 heterocycles. The van der Waals surface area contributed by atoms with E-state index in [4.69, 9.17) is 0 Å². The summed E-state index contributed by atoms with van der Waals surface area (Å²) in [6, 6.07) is 1.86. The number of aliphatic hydroxyl groups is 1. The zero-order valence-corrected chi connectivity index (χ0v) is 12.4. The van der Waals surface area contributed by atoms with Gasteiger partial charge < -0.3 is 10.4 Å². The summed E-state index contributed by atoms with van der Waals surface area (Å²) >= 11 is 0. The first-order valence-electron chi connectivity index (χ1n) is 7.54. The molecule has 0 aromatic carbocycles. The molecular formula is C15H25N3O2. The Bertz CT molecular complexity index is 430. The summed E-state index contributed by atoms with van der Waals surface area (Å²) in [5.74, 6) is 0.363. The number of hydrogen-bond donors (Lipinski definition) is 2. The largest absolute Gasteiger partial charge is 0.396 e. The summed E-state index contributed by atoms with van der Waals surface area (Å²) in [6.07, 6.45) is 6.66. The van der Waals surface area contributed by atoms with Crippen LogP contribution in [0.25, 0.3) is 0 Å². The van der Waals surface area contributed by atoms with Crippen LogP contribution in [-0.2, 0) is 7.05 Å². The van der Waals surface area contributed by atoms with Gasteiger partial charge in [0.1, 0.15) is 5.69 Å². The molecule has 112 valence electrons. The van der Waals surface area contributed by atoms with Gasteiger partial charge in [-0.2, -0.15) is 5.10 Å². The Morgan fingerprint density at radius 3 is 2.75 bits per heavy atom. The highest BCUT2D eigenvalue weighted by atomic mass is 16.3. The van der Waals surface area contributed by atoms with E-state index in [0.29, 0.717) is 18.0 Å². The first-order valence-corrected chi connectivity index (χ1v) is 7.54. The molecular weight excluding hydrogens is 254 g/mol. The number of hydrogen-bond acceptors (Lipinski definition) is 3.